The van der Waals surface area contributed by atoms with Gasteiger partial charge in [0.25, 0.3) is 0 Å². The molecule has 0 unspecified atom stereocenters. The van der Waals surface area contributed by atoms with Gasteiger partial charge in [-0.1, -0.05) is 55.5 Å². The van der Waals surface area contributed by atoms with Crippen molar-refractivity contribution in [2.45, 2.75) is 44.9 Å². The number of anilines is 1. The van der Waals surface area contributed by atoms with Crippen molar-refractivity contribution in [1.29, 1.82) is 0 Å². The van der Waals surface area contributed by atoms with Gasteiger partial charge in [0.15, 0.2) is 0 Å². The molecule has 0 heterocycles. The zero-order chi connectivity index (χ0) is 21.6. The minimum Gasteiger partial charge on any atom is -0.385 e. The molecule has 4 rings (SSSR count). The third kappa shape index (κ3) is 5.16. The topological polar surface area (TPSA) is 38.0 Å². The van der Waals surface area contributed by atoms with Gasteiger partial charge in [-0.3, -0.25) is 0 Å². The number of hydrogen-bond acceptors (Lipinski definition) is 2. The van der Waals surface area contributed by atoms with E-state index in [0.29, 0.717) is 17.4 Å². The Morgan fingerprint density at radius 3 is 2.10 bits per heavy atom. The van der Waals surface area contributed by atoms with Gasteiger partial charge in [-0.15, -0.1) is 0 Å². The smallest absolute Gasteiger partial charge is 0.131 e. The molecular weight excluding hydrogens is 383 g/mol. The third-order valence-corrected chi connectivity index (χ3v) is 6.64. The molecule has 0 amide bonds. The monoisotopic (exact) mass is 416 g/mol. The summed E-state index contributed by atoms with van der Waals surface area (Å²) in [6.45, 7) is 3.91. The highest BCUT2D eigenvalue weighted by Crippen LogP contribution is 2.36. The van der Waals surface area contributed by atoms with Crippen LogP contribution in [0.4, 0.5) is 10.1 Å². The molecule has 0 bridgehead atoms. The van der Waals surface area contributed by atoms with Crippen molar-refractivity contribution in [3.63, 3.8) is 0 Å². The number of nitrogens with two attached hydrogens (primary N) is 1. The first kappa shape index (κ1) is 21.6. The van der Waals surface area contributed by atoms with Crippen LogP contribution < -0.4 is 11.1 Å². The Kier molecular flexibility index (Phi) is 7.03. The quantitative estimate of drug-likeness (QED) is 0.427. The highest BCUT2D eigenvalue weighted by atomic mass is 19.1. The lowest BCUT2D eigenvalue weighted by Crippen LogP contribution is -2.20. The largest absolute Gasteiger partial charge is 0.385 e. The molecule has 1 saturated carbocycles. The number of rotatable bonds is 7. The molecule has 0 spiro atoms. The average molecular weight is 417 g/mol. The van der Waals surface area contributed by atoms with E-state index in [2.05, 4.69) is 48.6 Å². The van der Waals surface area contributed by atoms with E-state index in [1.165, 1.54) is 31.2 Å². The van der Waals surface area contributed by atoms with Crippen molar-refractivity contribution in [2.75, 3.05) is 18.4 Å². The molecule has 0 radical (unpaired) electrons. The molecule has 0 saturated heterocycles. The second-order valence-corrected chi connectivity index (χ2v) is 8.77. The Morgan fingerprint density at radius 2 is 1.48 bits per heavy atom. The van der Waals surface area contributed by atoms with E-state index >= 15 is 0 Å². The molecule has 3 heteroatoms. The van der Waals surface area contributed by atoms with Gasteiger partial charge in [0.2, 0.25) is 0 Å². The molecule has 0 aromatic heterocycles. The summed E-state index contributed by atoms with van der Waals surface area (Å²) < 4.78 is 15.0. The lowest BCUT2D eigenvalue weighted by molar-refractivity contribution is 0.333. The Labute approximate surface area is 185 Å². The van der Waals surface area contributed by atoms with Crippen molar-refractivity contribution >= 4 is 5.69 Å². The Balaban J connectivity index is 1.47. The fourth-order valence-electron chi connectivity index (χ4n) is 4.64. The van der Waals surface area contributed by atoms with Gasteiger partial charge in [0.05, 0.1) is 0 Å². The highest BCUT2D eigenvalue weighted by molar-refractivity contribution is 5.72. The zero-order valence-electron chi connectivity index (χ0n) is 18.4. The summed E-state index contributed by atoms with van der Waals surface area (Å²) in [6, 6.07) is 22.2. The van der Waals surface area contributed by atoms with E-state index in [1.807, 2.05) is 24.3 Å². The lowest BCUT2D eigenvalue weighted by atomic mass is 9.78. The van der Waals surface area contributed by atoms with Gasteiger partial charge in [-0.05, 0) is 90.9 Å². The SMILES string of the molecule is CCCNc1ccc(-c2ccc(-c3ccc(C4CCC(CN)CC4)cc3)c(F)c2)cc1. The van der Waals surface area contributed by atoms with Crippen molar-refractivity contribution in [2.24, 2.45) is 11.7 Å². The maximum atomic E-state index is 15.0. The van der Waals surface area contributed by atoms with Gasteiger partial charge in [-0.25, -0.2) is 4.39 Å². The molecular formula is C28H33FN2. The minimum absolute atomic E-state index is 0.179. The maximum Gasteiger partial charge on any atom is 0.131 e. The summed E-state index contributed by atoms with van der Waals surface area (Å²) in [5.41, 5.74) is 11.8. The number of nitrogens with one attached hydrogen (secondary N) is 1. The van der Waals surface area contributed by atoms with E-state index in [-0.39, 0.29) is 5.82 Å². The summed E-state index contributed by atoms with van der Waals surface area (Å²) >= 11 is 0. The van der Waals surface area contributed by atoms with Crippen LogP contribution >= 0.6 is 0 Å². The standard InChI is InChI=1S/C28H33FN2/c1-2-17-31-26-14-11-23(12-15-26)25-13-16-27(28(29)18-25)24-9-7-22(8-10-24)21-5-3-20(19-30)4-6-21/h7-16,18,20-21,31H,2-6,17,19,30H2,1H3. The van der Waals surface area contributed by atoms with Crippen LogP contribution in [0.1, 0.15) is 50.5 Å². The molecule has 31 heavy (non-hydrogen) atoms. The van der Waals surface area contributed by atoms with Gasteiger partial charge in [0.1, 0.15) is 5.82 Å². The molecule has 1 aliphatic carbocycles. The Bertz CT molecular complexity index is 971. The minimum atomic E-state index is -0.179. The van der Waals surface area contributed by atoms with Crippen LogP contribution in [0.5, 0.6) is 0 Å². The van der Waals surface area contributed by atoms with Crippen molar-refractivity contribution in [3.8, 4) is 22.3 Å². The number of halogens is 1. The van der Waals surface area contributed by atoms with Crippen LogP contribution in [0.15, 0.2) is 66.7 Å². The van der Waals surface area contributed by atoms with E-state index in [1.54, 1.807) is 6.07 Å². The van der Waals surface area contributed by atoms with Crippen molar-refractivity contribution in [3.05, 3.63) is 78.1 Å². The van der Waals surface area contributed by atoms with Crippen LogP contribution in [0.25, 0.3) is 22.3 Å². The summed E-state index contributed by atoms with van der Waals surface area (Å²) in [5.74, 6) is 1.12. The van der Waals surface area contributed by atoms with Crippen LogP contribution in [-0.4, -0.2) is 13.1 Å². The van der Waals surface area contributed by atoms with E-state index in [4.69, 9.17) is 5.73 Å². The Morgan fingerprint density at radius 1 is 0.839 bits per heavy atom. The normalized spacial score (nSPS) is 18.7. The maximum absolute atomic E-state index is 15.0. The summed E-state index contributed by atoms with van der Waals surface area (Å²) in [4.78, 5) is 0. The molecule has 3 aromatic rings. The summed E-state index contributed by atoms with van der Waals surface area (Å²) in [5, 5.41) is 3.37. The second kappa shape index (κ2) is 10.1. The van der Waals surface area contributed by atoms with E-state index in [0.717, 1.165) is 41.9 Å². The zero-order valence-corrected chi connectivity index (χ0v) is 18.4. The molecule has 1 fully saturated rings. The fourth-order valence-corrected chi connectivity index (χ4v) is 4.64. The lowest BCUT2D eigenvalue weighted by Gasteiger charge is -2.28. The first-order valence-electron chi connectivity index (χ1n) is 11.6. The second-order valence-electron chi connectivity index (χ2n) is 8.77. The molecule has 3 aromatic carbocycles. The van der Waals surface area contributed by atoms with E-state index < -0.39 is 0 Å². The predicted molar refractivity (Wildman–Crippen MR) is 130 cm³/mol. The highest BCUT2D eigenvalue weighted by Gasteiger charge is 2.21. The molecule has 0 atom stereocenters. The van der Waals surface area contributed by atoms with Crippen molar-refractivity contribution < 1.29 is 4.39 Å². The average Bonchev–Trinajstić information content (AvgIpc) is 2.83. The fraction of sp³-hybridized carbons (Fsp3) is 0.357. The van der Waals surface area contributed by atoms with Crippen LogP contribution in [0.2, 0.25) is 0 Å². The molecule has 1 aliphatic rings. The number of hydrogen-bond donors (Lipinski definition) is 2. The Hall–Kier alpha value is -2.65. The van der Waals surface area contributed by atoms with Gasteiger partial charge >= 0.3 is 0 Å². The van der Waals surface area contributed by atoms with Gasteiger partial charge in [0, 0.05) is 17.8 Å². The molecule has 0 aliphatic heterocycles. The molecule has 2 nitrogen and oxygen atoms in total. The van der Waals surface area contributed by atoms with Gasteiger partial charge < -0.3 is 11.1 Å². The summed E-state index contributed by atoms with van der Waals surface area (Å²) in [6.07, 6.45) is 5.93. The van der Waals surface area contributed by atoms with E-state index in [9.17, 15) is 4.39 Å². The van der Waals surface area contributed by atoms with Gasteiger partial charge in [-0.2, -0.15) is 0 Å². The van der Waals surface area contributed by atoms with Crippen LogP contribution in [0, 0.1) is 11.7 Å². The third-order valence-electron chi connectivity index (χ3n) is 6.64. The number of benzene rings is 3. The first-order chi connectivity index (χ1) is 15.2. The van der Waals surface area contributed by atoms with Crippen LogP contribution in [-0.2, 0) is 0 Å². The molecule has 3 N–H and O–H groups in total. The summed E-state index contributed by atoms with van der Waals surface area (Å²) in [7, 11) is 0. The van der Waals surface area contributed by atoms with Crippen molar-refractivity contribution in [1.82, 2.24) is 0 Å². The molecule has 162 valence electrons. The van der Waals surface area contributed by atoms with Crippen LogP contribution in [0.3, 0.4) is 0 Å². The predicted octanol–water partition coefficient (Wildman–Crippen LogP) is 7.21. The first-order valence-corrected chi connectivity index (χ1v) is 11.6.